The SMILES string of the molecule is Cc1ccc(CC2(O)CC(C)OC(C)C2)cc1C. The molecule has 1 aliphatic heterocycles. The fourth-order valence-corrected chi connectivity index (χ4v) is 3.08. The van der Waals surface area contributed by atoms with Crippen LogP contribution in [0.4, 0.5) is 0 Å². The first-order valence-electron chi connectivity index (χ1n) is 6.82. The van der Waals surface area contributed by atoms with Crippen molar-refractivity contribution in [2.75, 3.05) is 0 Å². The lowest BCUT2D eigenvalue weighted by Crippen LogP contribution is -2.44. The largest absolute Gasteiger partial charge is 0.389 e. The molecule has 1 fully saturated rings. The Morgan fingerprint density at radius 1 is 1.17 bits per heavy atom. The highest BCUT2D eigenvalue weighted by atomic mass is 16.5. The van der Waals surface area contributed by atoms with Crippen molar-refractivity contribution in [3.63, 3.8) is 0 Å². The summed E-state index contributed by atoms with van der Waals surface area (Å²) in [7, 11) is 0. The second kappa shape index (κ2) is 5.02. The van der Waals surface area contributed by atoms with Gasteiger partial charge in [-0.05, 0) is 44.4 Å². The number of rotatable bonds is 2. The van der Waals surface area contributed by atoms with Crippen molar-refractivity contribution in [1.82, 2.24) is 0 Å². The van der Waals surface area contributed by atoms with Crippen LogP contribution in [-0.2, 0) is 11.2 Å². The highest BCUT2D eigenvalue weighted by molar-refractivity contribution is 5.30. The summed E-state index contributed by atoms with van der Waals surface area (Å²) in [5.41, 5.74) is 3.21. The predicted octanol–water partition coefficient (Wildman–Crippen LogP) is 3.16. The Morgan fingerprint density at radius 3 is 2.33 bits per heavy atom. The quantitative estimate of drug-likeness (QED) is 0.871. The van der Waals surface area contributed by atoms with Gasteiger partial charge >= 0.3 is 0 Å². The van der Waals surface area contributed by atoms with Gasteiger partial charge in [0.1, 0.15) is 0 Å². The fraction of sp³-hybridized carbons (Fsp3) is 0.625. The molecule has 0 spiro atoms. The molecule has 1 heterocycles. The molecule has 2 atom stereocenters. The topological polar surface area (TPSA) is 29.5 Å². The molecule has 0 amide bonds. The van der Waals surface area contributed by atoms with Crippen LogP contribution in [-0.4, -0.2) is 22.9 Å². The molecule has 0 bridgehead atoms. The standard InChI is InChI=1S/C16H24O2/c1-11-5-6-15(7-12(11)2)10-16(17)8-13(3)18-14(4)9-16/h5-7,13-14,17H,8-10H2,1-4H3. The van der Waals surface area contributed by atoms with Gasteiger partial charge in [0, 0.05) is 19.3 Å². The lowest BCUT2D eigenvalue weighted by Gasteiger charge is -2.39. The summed E-state index contributed by atoms with van der Waals surface area (Å²) in [6.45, 7) is 8.33. The van der Waals surface area contributed by atoms with Crippen LogP contribution in [0, 0.1) is 13.8 Å². The van der Waals surface area contributed by atoms with Crippen LogP contribution in [0.3, 0.4) is 0 Å². The molecule has 0 aromatic heterocycles. The number of aliphatic hydroxyl groups is 1. The molecule has 1 aromatic rings. The van der Waals surface area contributed by atoms with E-state index in [0.717, 1.165) is 19.3 Å². The van der Waals surface area contributed by atoms with E-state index in [-0.39, 0.29) is 12.2 Å². The van der Waals surface area contributed by atoms with Crippen molar-refractivity contribution in [3.8, 4) is 0 Å². The molecule has 2 rings (SSSR count). The van der Waals surface area contributed by atoms with E-state index in [2.05, 4.69) is 32.0 Å². The van der Waals surface area contributed by atoms with E-state index < -0.39 is 5.60 Å². The van der Waals surface area contributed by atoms with Crippen molar-refractivity contribution in [2.45, 2.75) is 64.8 Å². The third-order valence-corrected chi connectivity index (χ3v) is 3.90. The minimum Gasteiger partial charge on any atom is -0.389 e. The minimum absolute atomic E-state index is 0.144. The number of benzene rings is 1. The van der Waals surface area contributed by atoms with Crippen molar-refractivity contribution < 1.29 is 9.84 Å². The number of aryl methyl sites for hydroxylation is 2. The number of hydrogen-bond acceptors (Lipinski definition) is 2. The molecule has 2 nitrogen and oxygen atoms in total. The smallest absolute Gasteiger partial charge is 0.0737 e. The Hall–Kier alpha value is -0.860. The van der Waals surface area contributed by atoms with E-state index in [9.17, 15) is 5.11 Å². The van der Waals surface area contributed by atoms with E-state index in [1.807, 2.05) is 13.8 Å². The molecular weight excluding hydrogens is 224 g/mol. The van der Waals surface area contributed by atoms with Gasteiger partial charge in [0.2, 0.25) is 0 Å². The van der Waals surface area contributed by atoms with Crippen molar-refractivity contribution in [2.24, 2.45) is 0 Å². The van der Waals surface area contributed by atoms with Crippen LogP contribution in [0.5, 0.6) is 0 Å². The van der Waals surface area contributed by atoms with Crippen LogP contribution in [0.15, 0.2) is 18.2 Å². The average Bonchev–Trinajstić information content (AvgIpc) is 2.21. The maximum Gasteiger partial charge on any atom is 0.0737 e. The van der Waals surface area contributed by atoms with Gasteiger partial charge in [0.25, 0.3) is 0 Å². The summed E-state index contributed by atoms with van der Waals surface area (Å²) in [5, 5.41) is 10.7. The first-order valence-corrected chi connectivity index (χ1v) is 6.82. The third-order valence-electron chi connectivity index (χ3n) is 3.90. The summed E-state index contributed by atoms with van der Waals surface area (Å²) in [5.74, 6) is 0. The lowest BCUT2D eigenvalue weighted by molar-refractivity contribution is -0.130. The second-order valence-electron chi connectivity index (χ2n) is 5.99. The summed E-state index contributed by atoms with van der Waals surface area (Å²) >= 11 is 0. The van der Waals surface area contributed by atoms with Gasteiger partial charge in [-0.1, -0.05) is 18.2 Å². The average molecular weight is 248 g/mol. The molecule has 2 unspecified atom stereocenters. The van der Waals surface area contributed by atoms with Crippen LogP contribution in [0.1, 0.15) is 43.4 Å². The molecule has 0 radical (unpaired) electrons. The van der Waals surface area contributed by atoms with E-state index in [1.54, 1.807) is 0 Å². The molecule has 0 saturated carbocycles. The summed E-state index contributed by atoms with van der Waals surface area (Å²) < 4.78 is 5.70. The monoisotopic (exact) mass is 248 g/mol. The van der Waals surface area contributed by atoms with E-state index in [1.165, 1.54) is 16.7 Å². The van der Waals surface area contributed by atoms with Crippen LogP contribution < -0.4 is 0 Å². The van der Waals surface area contributed by atoms with Gasteiger partial charge < -0.3 is 9.84 Å². The Morgan fingerprint density at radius 2 is 1.78 bits per heavy atom. The lowest BCUT2D eigenvalue weighted by atomic mass is 9.82. The van der Waals surface area contributed by atoms with Crippen LogP contribution in [0.2, 0.25) is 0 Å². The Labute approximate surface area is 110 Å². The zero-order valence-electron chi connectivity index (χ0n) is 11.9. The highest BCUT2D eigenvalue weighted by Crippen LogP contribution is 2.32. The van der Waals surface area contributed by atoms with E-state index in [0.29, 0.717) is 0 Å². The summed E-state index contributed by atoms with van der Waals surface area (Å²) in [4.78, 5) is 0. The first kappa shape index (κ1) is 13.6. The molecule has 1 N–H and O–H groups in total. The zero-order valence-corrected chi connectivity index (χ0v) is 11.9. The second-order valence-corrected chi connectivity index (χ2v) is 5.99. The van der Waals surface area contributed by atoms with Gasteiger partial charge in [0.05, 0.1) is 17.8 Å². The van der Waals surface area contributed by atoms with Crippen LogP contribution in [0.25, 0.3) is 0 Å². The Kier molecular flexibility index (Phi) is 3.79. The molecular formula is C16H24O2. The van der Waals surface area contributed by atoms with Gasteiger partial charge in [-0.2, -0.15) is 0 Å². The first-order chi connectivity index (χ1) is 8.38. The van der Waals surface area contributed by atoms with Crippen LogP contribution >= 0.6 is 0 Å². The highest BCUT2D eigenvalue weighted by Gasteiger charge is 2.36. The third kappa shape index (κ3) is 3.12. The summed E-state index contributed by atoms with van der Waals surface area (Å²) in [6, 6.07) is 6.46. The number of hydrogen-bond donors (Lipinski definition) is 1. The van der Waals surface area contributed by atoms with E-state index >= 15 is 0 Å². The molecule has 100 valence electrons. The Balaban J connectivity index is 2.13. The molecule has 0 aliphatic carbocycles. The predicted molar refractivity (Wildman–Crippen MR) is 73.8 cm³/mol. The molecule has 1 aliphatic rings. The van der Waals surface area contributed by atoms with Gasteiger partial charge in [-0.25, -0.2) is 0 Å². The fourth-order valence-electron chi connectivity index (χ4n) is 3.08. The van der Waals surface area contributed by atoms with Crippen molar-refractivity contribution in [1.29, 1.82) is 0 Å². The number of ether oxygens (including phenoxy) is 1. The van der Waals surface area contributed by atoms with Gasteiger partial charge in [-0.15, -0.1) is 0 Å². The van der Waals surface area contributed by atoms with Crippen molar-refractivity contribution in [3.05, 3.63) is 34.9 Å². The normalized spacial score (nSPS) is 32.5. The van der Waals surface area contributed by atoms with Crippen molar-refractivity contribution >= 4 is 0 Å². The minimum atomic E-state index is -0.612. The zero-order chi connectivity index (χ0) is 13.3. The molecule has 2 heteroatoms. The summed E-state index contributed by atoms with van der Waals surface area (Å²) in [6.07, 6.45) is 2.47. The molecule has 1 aromatic carbocycles. The van der Waals surface area contributed by atoms with Gasteiger partial charge in [-0.3, -0.25) is 0 Å². The van der Waals surface area contributed by atoms with E-state index in [4.69, 9.17) is 4.74 Å². The maximum absolute atomic E-state index is 10.7. The molecule has 18 heavy (non-hydrogen) atoms. The molecule has 1 saturated heterocycles. The maximum atomic E-state index is 10.7. The Bertz CT molecular complexity index is 415. The van der Waals surface area contributed by atoms with Gasteiger partial charge in [0.15, 0.2) is 0 Å².